The number of hydrogen-bond donors (Lipinski definition) is 0. The maximum atomic E-state index is 2.45. The molecule has 0 aromatic heterocycles. The van der Waals surface area contributed by atoms with Gasteiger partial charge in [-0.1, -0.05) is 135 Å². The molecule has 7 aromatic carbocycles. The van der Waals surface area contributed by atoms with Gasteiger partial charge in [0.05, 0.1) is 5.69 Å². The smallest absolute Gasteiger partial charge is 0.0540 e. The average Bonchev–Trinajstić information content (AvgIpc) is 3.52. The van der Waals surface area contributed by atoms with Crippen molar-refractivity contribution in [2.24, 2.45) is 0 Å². The molecule has 2 aliphatic carbocycles. The second-order valence-electron chi connectivity index (χ2n) is 12.6. The summed E-state index contributed by atoms with van der Waals surface area (Å²) in [5.74, 6) is 0. The van der Waals surface area contributed by atoms with Crippen LogP contribution < -0.4 is 4.90 Å². The first-order valence-corrected chi connectivity index (χ1v) is 15.5. The highest BCUT2D eigenvalue weighted by atomic mass is 15.1. The van der Waals surface area contributed by atoms with Crippen LogP contribution in [0.4, 0.5) is 17.1 Å². The van der Waals surface area contributed by atoms with Gasteiger partial charge in [-0.2, -0.15) is 0 Å². The van der Waals surface area contributed by atoms with Gasteiger partial charge in [-0.25, -0.2) is 0 Å². The van der Waals surface area contributed by atoms with Crippen molar-refractivity contribution in [1.82, 2.24) is 0 Å². The Morgan fingerprint density at radius 2 is 1.00 bits per heavy atom. The van der Waals surface area contributed by atoms with Crippen LogP contribution in [0.5, 0.6) is 0 Å². The van der Waals surface area contributed by atoms with Crippen LogP contribution in [0, 0.1) is 0 Å². The van der Waals surface area contributed by atoms with E-state index in [4.69, 9.17) is 0 Å². The van der Waals surface area contributed by atoms with Crippen molar-refractivity contribution in [1.29, 1.82) is 0 Å². The first kappa shape index (κ1) is 25.1. The average molecular weight is 562 g/mol. The van der Waals surface area contributed by atoms with Crippen LogP contribution in [-0.2, 0) is 5.41 Å². The van der Waals surface area contributed by atoms with E-state index in [9.17, 15) is 0 Å². The molecule has 1 nitrogen and oxygen atoms in total. The third-order valence-electron chi connectivity index (χ3n) is 9.82. The Balaban J connectivity index is 1.27. The minimum atomic E-state index is -0.0274. The minimum Gasteiger partial charge on any atom is -0.310 e. The third-order valence-corrected chi connectivity index (χ3v) is 9.82. The molecule has 0 unspecified atom stereocenters. The Morgan fingerprint density at radius 1 is 0.409 bits per heavy atom. The van der Waals surface area contributed by atoms with E-state index < -0.39 is 0 Å². The number of fused-ring (bicyclic) bond motifs is 6. The van der Waals surface area contributed by atoms with Crippen molar-refractivity contribution in [2.75, 3.05) is 4.90 Å². The summed E-state index contributed by atoms with van der Waals surface area (Å²) in [7, 11) is 0. The number of anilines is 3. The lowest BCUT2D eigenvalue weighted by molar-refractivity contribution is 0.660. The van der Waals surface area contributed by atoms with E-state index in [1.165, 1.54) is 77.8 Å². The van der Waals surface area contributed by atoms with Gasteiger partial charge < -0.3 is 4.90 Å². The molecule has 0 saturated carbocycles. The van der Waals surface area contributed by atoms with Crippen LogP contribution in [0.1, 0.15) is 25.0 Å². The Kier molecular flexibility index (Phi) is 5.31. The van der Waals surface area contributed by atoms with Crippen LogP contribution >= 0.6 is 0 Å². The lowest BCUT2D eigenvalue weighted by Gasteiger charge is -2.28. The van der Waals surface area contributed by atoms with Crippen LogP contribution in [0.15, 0.2) is 152 Å². The van der Waals surface area contributed by atoms with Gasteiger partial charge in [-0.05, 0) is 91.4 Å². The van der Waals surface area contributed by atoms with Gasteiger partial charge in [0.2, 0.25) is 0 Å². The molecule has 0 fully saturated rings. The molecule has 0 radical (unpaired) electrons. The van der Waals surface area contributed by atoms with Gasteiger partial charge >= 0.3 is 0 Å². The van der Waals surface area contributed by atoms with Crippen molar-refractivity contribution >= 4 is 27.8 Å². The standard InChI is InChI=1S/C43H31N/c1-43(2)39-18-9-8-15-34(39)38-27-31(23-25-40(38)43)44(30-21-19-29(20-22-30)28-11-4-3-5-12-28)41-26-24-36-33-14-7-6-13-32(33)35-16-10-17-37(41)42(35)36/h3-27H,1-2H3. The van der Waals surface area contributed by atoms with Crippen LogP contribution in [-0.4, -0.2) is 0 Å². The second-order valence-corrected chi connectivity index (χ2v) is 12.6. The minimum absolute atomic E-state index is 0.0274. The maximum absolute atomic E-state index is 2.45. The van der Waals surface area contributed by atoms with Gasteiger partial charge in [-0.15, -0.1) is 0 Å². The zero-order chi connectivity index (χ0) is 29.4. The molecule has 0 bridgehead atoms. The Hall–Kier alpha value is -5.40. The number of rotatable bonds is 4. The summed E-state index contributed by atoms with van der Waals surface area (Å²) in [6, 6.07) is 55.9. The van der Waals surface area contributed by atoms with Crippen LogP contribution in [0.2, 0.25) is 0 Å². The summed E-state index contributed by atoms with van der Waals surface area (Å²) >= 11 is 0. The summed E-state index contributed by atoms with van der Waals surface area (Å²) in [6.45, 7) is 4.69. The second kappa shape index (κ2) is 9.30. The quantitative estimate of drug-likeness (QED) is 0.207. The Labute approximate surface area is 258 Å². The molecule has 0 N–H and O–H groups in total. The normalized spacial score (nSPS) is 13.4. The van der Waals surface area contributed by atoms with E-state index in [1.54, 1.807) is 0 Å². The summed E-state index contributed by atoms with van der Waals surface area (Å²) in [5, 5.41) is 2.61. The van der Waals surface area contributed by atoms with Crippen LogP contribution in [0.25, 0.3) is 55.3 Å². The highest BCUT2D eigenvalue weighted by Crippen LogP contribution is 2.53. The first-order valence-electron chi connectivity index (χ1n) is 15.5. The largest absolute Gasteiger partial charge is 0.310 e. The summed E-state index contributed by atoms with van der Waals surface area (Å²) < 4.78 is 0. The molecule has 0 spiro atoms. The molecule has 0 heterocycles. The molecule has 0 atom stereocenters. The zero-order valence-corrected chi connectivity index (χ0v) is 24.9. The van der Waals surface area contributed by atoms with Gasteiger partial charge in [-0.3, -0.25) is 0 Å². The van der Waals surface area contributed by atoms with Gasteiger partial charge in [0.15, 0.2) is 0 Å². The van der Waals surface area contributed by atoms with Gasteiger partial charge in [0.25, 0.3) is 0 Å². The molecule has 9 rings (SSSR count). The fourth-order valence-corrected chi connectivity index (χ4v) is 7.70. The summed E-state index contributed by atoms with van der Waals surface area (Å²) in [5.41, 5.74) is 16.6. The SMILES string of the molecule is CC1(C)c2ccccc2-c2cc(N(c3ccc(-c4ccccc4)cc3)c3ccc4c5c(cccc35)-c3ccccc3-4)ccc21. The predicted octanol–water partition coefficient (Wildman–Crippen LogP) is 11.9. The molecule has 208 valence electrons. The Bertz CT molecular complexity index is 2210. The lowest BCUT2D eigenvalue weighted by atomic mass is 9.82. The highest BCUT2D eigenvalue weighted by Gasteiger charge is 2.35. The highest BCUT2D eigenvalue weighted by molar-refractivity contribution is 6.19. The van der Waals surface area contributed by atoms with E-state index in [0.717, 1.165) is 5.69 Å². The maximum Gasteiger partial charge on any atom is 0.0540 e. The summed E-state index contributed by atoms with van der Waals surface area (Å²) in [6.07, 6.45) is 0. The number of hydrogen-bond acceptors (Lipinski definition) is 1. The molecular formula is C43H31N. The number of benzene rings is 7. The molecule has 2 aliphatic rings. The van der Waals surface area contributed by atoms with Crippen LogP contribution in [0.3, 0.4) is 0 Å². The van der Waals surface area contributed by atoms with Gasteiger partial charge in [0, 0.05) is 22.2 Å². The van der Waals surface area contributed by atoms with E-state index in [2.05, 4.69) is 170 Å². The Morgan fingerprint density at radius 3 is 1.77 bits per heavy atom. The van der Waals surface area contributed by atoms with E-state index in [1.807, 2.05) is 0 Å². The number of nitrogens with zero attached hydrogens (tertiary/aromatic N) is 1. The topological polar surface area (TPSA) is 3.24 Å². The monoisotopic (exact) mass is 561 g/mol. The van der Waals surface area contributed by atoms with Crippen molar-refractivity contribution in [2.45, 2.75) is 19.3 Å². The fraction of sp³-hybridized carbons (Fsp3) is 0.0698. The lowest BCUT2D eigenvalue weighted by Crippen LogP contribution is -2.15. The molecule has 0 amide bonds. The first-order chi connectivity index (χ1) is 21.6. The summed E-state index contributed by atoms with van der Waals surface area (Å²) in [4.78, 5) is 2.45. The van der Waals surface area contributed by atoms with E-state index in [-0.39, 0.29) is 5.41 Å². The molecule has 44 heavy (non-hydrogen) atoms. The third kappa shape index (κ3) is 3.53. The zero-order valence-electron chi connectivity index (χ0n) is 24.9. The molecule has 0 aliphatic heterocycles. The predicted molar refractivity (Wildman–Crippen MR) is 186 cm³/mol. The van der Waals surface area contributed by atoms with E-state index in [0.29, 0.717) is 0 Å². The van der Waals surface area contributed by atoms with Crippen molar-refractivity contribution in [3.8, 4) is 44.5 Å². The molecule has 1 heteroatoms. The molecule has 7 aromatic rings. The van der Waals surface area contributed by atoms with Gasteiger partial charge in [0.1, 0.15) is 0 Å². The van der Waals surface area contributed by atoms with Crippen molar-refractivity contribution in [3.63, 3.8) is 0 Å². The molecule has 0 saturated heterocycles. The molecular weight excluding hydrogens is 530 g/mol. The fourth-order valence-electron chi connectivity index (χ4n) is 7.70. The van der Waals surface area contributed by atoms with E-state index >= 15 is 0 Å². The van der Waals surface area contributed by atoms with Crippen molar-refractivity contribution < 1.29 is 0 Å². The van der Waals surface area contributed by atoms with Crippen molar-refractivity contribution in [3.05, 3.63) is 163 Å².